The van der Waals surface area contributed by atoms with Crippen molar-refractivity contribution in [2.24, 2.45) is 0 Å². The number of hydrogen-bond acceptors (Lipinski definition) is 5. The Hall–Kier alpha value is -1.10. The van der Waals surface area contributed by atoms with Gasteiger partial charge in [0, 0.05) is 0 Å². The highest BCUT2D eigenvalue weighted by Crippen LogP contribution is 2.06. The van der Waals surface area contributed by atoms with Gasteiger partial charge in [-0.05, 0) is 6.92 Å². The number of nitrogen functional groups attached to an aromatic ring is 1. The Kier molecular flexibility index (Phi) is 3.04. The fourth-order valence-electron chi connectivity index (χ4n) is 0.669. The maximum absolute atomic E-state index is 5.51. The van der Waals surface area contributed by atoms with Crippen molar-refractivity contribution < 1.29 is 4.74 Å². The summed E-state index contributed by atoms with van der Waals surface area (Å²) in [7, 11) is 0. The predicted octanol–water partition coefficient (Wildman–Crippen LogP) is 0.591. The molecule has 0 aromatic carbocycles. The fraction of sp³-hybridized carbons (Fsp3) is 0.500. The summed E-state index contributed by atoms with van der Waals surface area (Å²) in [6.07, 6.45) is 0. The number of aromatic nitrogens is 3. The molecule has 0 aliphatic carbocycles. The quantitative estimate of drug-likeness (QED) is 0.703. The van der Waals surface area contributed by atoms with Crippen molar-refractivity contribution in [3.63, 3.8) is 0 Å². The third-order valence-electron chi connectivity index (χ3n) is 1.07. The molecule has 1 aromatic rings. The zero-order chi connectivity index (χ0) is 8.97. The Morgan fingerprint density at radius 2 is 2.17 bits per heavy atom. The highest BCUT2D eigenvalue weighted by molar-refractivity contribution is 6.16. The van der Waals surface area contributed by atoms with Crippen molar-refractivity contribution in [1.29, 1.82) is 0 Å². The van der Waals surface area contributed by atoms with Crippen LogP contribution in [0.4, 0.5) is 5.95 Å². The summed E-state index contributed by atoms with van der Waals surface area (Å²) in [4.78, 5) is 11.4. The first kappa shape index (κ1) is 8.99. The molecule has 12 heavy (non-hydrogen) atoms. The molecule has 6 heteroatoms. The average molecular weight is 189 g/mol. The van der Waals surface area contributed by atoms with Crippen molar-refractivity contribution >= 4 is 17.5 Å². The Balaban J connectivity index is 2.90. The lowest BCUT2D eigenvalue weighted by atomic mass is 10.7. The molecule has 0 atom stereocenters. The van der Waals surface area contributed by atoms with Crippen LogP contribution in [0.25, 0.3) is 0 Å². The van der Waals surface area contributed by atoms with E-state index in [2.05, 4.69) is 15.0 Å². The van der Waals surface area contributed by atoms with Crippen LogP contribution in [-0.4, -0.2) is 21.6 Å². The largest absolute Gasteiger partial charge is 0.464 e. The Labute approximate surface area is 74.9 Å². The van der Waals surface area contributed by atoms with Crippen LogP contribution in [0.1, 0.15) is 12.7 Å². The van der Waals surface area contributed by atoms with E-state index >= 15 is 0 Å². The zero-order valence-corrected chi connectivity index (χ0v) is 7.38. The van der Waals surface area contributed by atoms with Gasteiger partial charge in [0.1, 0.15) is 0 Å². The van der Waals surface area contributed by atoms with Crippen LogP contribution in [-0.2, 0) is 5.88 Å². The monoisotopic (exact) mass is 188 g/mol. The number of rotatable bonds is 3. The van der Waals surface area contributed by atoms with Crippen molar-refractivity contribution in [2.75, 3.05) is 12.3 Å². The fourth-order valence-corrected chi connectivity index (χ4v) is 0.789. The van der Waals surface area contributed by atoms with Crippen LogP contribution in [0, 0.1) is 0 Å². The van der Waals surface area contributed by atoms with Crippen LogP contribution in [0.2, 0.25) is 0 Å². The van der Waals surface area contributed by atoms with Gasteiger partial charge in [0.25, 0.3) is 0 Å². The van der Waals surface area contributed by atoms with Gasteiger partial charge in [-0.25, -0.2) is 0 Å². The van der Waals surface area contributed by atoms with E-state index in [4.69, 9.17) is 22.1 Å². The summed E-state index contributed by atoms with van der Waals surface area (Å²) in [6, 6.07) is 0.223. The molecule has 0 bridgehead atoms. The first-order chi connectivity index (χ1) is 5.76. The first-order valence-corrected chi connectivity index (χ1v) is 3.99. The molecule has 0 amide bonds. The Morgan fingerprint density at radius 3 is 2.75 bits per heavy atom. The molecular formula is C6H9ClN4O. The molecule has 5 nitrogen and oxygen atoms in total. The van der Waals surface area contributed by atoms with E-state index in [1.54, 1.807) is 0 Å². The molecule has 0 saturated heterocycles. The Morgan fingerprint density at radius 1 is 1.42 bits per heavy atom. The lowest BCUT2D eigenvalue weighted by molar-refractivity contribution is 0.311. The summed E-state index contributed by atoms with van der Waals surface area (Å²) in [5.41, 5.74) is 5.36. The van der Waals surface area contributed by atoms with Gasteiger partial charge in [-0.2, -0.15) is 15.0 Å². The molecule has 1 aromatic heterocycles. The van der Waals surface area contributed by atoms with Crippen molar-refractivity contribution in [3.05, 3.63) is 5.82 Å². The van der Waals surface area contributed by atoms with Crippen LogP contribution < -0.4 is 10.5 Å². The second-order valence-corrected chi connectivity index (χ2v) is 2.23. The maximum atomic E-state index is 5.51. The van der Waals surface area contributed by atoms with Gasteiger partial charge in [0.05, 0.1) is 12.5 Å². The first-order valence-electron chi connectivity index (χ1n) is 3.45. The van der Waals surface area contributed by atoms with Gasteiger partial charge in [0.15, 0.2) is 5.82 Å². The van der Waals surface area contributed by atoms with Gasteiger partial charge in [-0.15, -0.1) is 11.6 Å². The molecule has 0 aliphatic rings. The summed E-state index contributed by atoms with van der Waals surface area (Å²) < 4.78 is 5.03. The minimum absolute atomic E-state index is 0.129. The molecule has 0 spiro atoms. The second kappa shape index (κ2) is 4.06. The van der Waals surface area contributed by atoms with Crippen molar-refractivity contribution in [3.8, 4) is 6.01 Å². The molecule has 0 radical (unpaired) electrons. The topological polar surface area (TPSA) is 73.9 Å². The second-order valence-electron chi connectivity index (χ2n) is 1.96. The number of nitrogens with zero attached hydrogens (tertiary/aromatic N) is 3. The summed E-state index contributed by atoms with van der Waals surface area (Å²) >= 11 is 5.51. The van der Waals surface area contributed by atoms with Crippen LogP contribution >= 0.6 is 11.6 Å². The lowest BCUT2D eigenvalue weighted by Crippen LogP contribution is -2.05. The molecule has 1 heterocycles. The van der Waals surface area contributed by atoms with E-state index < -0.39 is 0 Å². The lowest BCUT2D eigenvalue weighted by Gasteiger charge is -2.01. The standard InChI is InChI=1S/C6H9ClN4O/c1-2-12-6-10-4(3-7)9-5(8)11-6/h2-3H2,1H3,(H2,8,9,10,11). The number of alkyl halides is 1. The molecule has 0 saturated carbocycles. The molecule has 0 fully saturated rings. The van der Waals surface area contributed by atoms with Gasteiger partial charge in [-0.3, -0.25) is 0 Å². The van der Waals surface area contributed by atoms with Crippen LogP contribution in [0.15, 0.2) is 0 Å². The van der Waals surface area contributed by atoms with Gasteiger partial charge < -0.3 is 10.5 Å². The highest BCUT2D eigenvalue weighted by Gasteiger charge is 2.02. The minimum atomic E-state index is 0.129. The predicted molar refractivity (Wildman–Crippen MR) is 45.0 cm³/mol. The van der Waals surface area contributed by atoms with E-state index in [1.165, 1.54) is 0 Å². The van der Waals surface area contributed by atoms with E-state index in [9.17, 15) is 0 Å². The molecular weight excluding hydrogens is 180 g/mol. The minimum Gasteiger partial charge on any atom is -0.464 e. The summed E-state index contributed by atoms with van der Waals surface area (Å²) in [5, 5.41) is 0. The van der Waals surface area contributed by atoms with Crippen molar-refractivity contribution in [2.45, 2.75) is 12.8 Å². The number of hydrogen-bond donors (Lipinski definition) is 1. The number of nitrogens with two attached hydrogens (primary N) is 1. The molecule has 66 valence electrons. The number of anilines is 1. The van der Waals surface area contributed by atoms with E-state index in [0.29, 0.717) is 12.4 Å². The van der Waals surface area contributed by atoms with E-state index in [-0.39, 0.29) is 17.8 Å². The smallest absolute Gasteiger partial charge is 0.321 e. The third kappa shape index (κ3) is 2.20. The Bertz CT molecular complexity index is 268. The SMILES string of the molecule is CCOc1nc(N)nc(CCl)n1. The van der Waals surface area contributed by atoms with Crippen LogP contribution in [0.5, 0.6) is 6.01 Å². The number of halogens is 1. The summed E-state index contributed by atoms with van der Waals surface area (Å²) in [5.74, 6) is 0.754. The molecule has 0 unspecified atom stereocenters. The zero-order valence-electron chi connectivity index (χ0n) is 6.62. The van der Waals surface area contributed by atoms with Crippen LogP contribution in [0.3, 0.4) is 0 Å². The van der Waals surface area contributed by atoms with E-state index in [1.807, 2.05) is 6.92 Å². The molecule has 1 rings (SSSR count). The third-order valence-corrected chi connectivity index (χ3v) is 1.31. The average Bonchev–Trinajstić information content (AvgIpc) is 2.04. The van der Waals surface area contributed by atoms with Crippen molar-refractivity contribution in [1.82, 2.24) is 15.0 Å². The van der Waals surface area contributed by atoms with E-state index in [0.717, 1.165) is 0 Å². The van der Waals surface area contributed by atoms with Gasteiger partial charge in [-0.1, -0.05) is 0 Å². The molecule has 0 aliphatic heterocycles. The number of ether oxygens (including phenoxy) is 1. The molecule has 2 N–H and O–H groups in total. The highest BCUT2D eigenvalue weighted by atomic mass is 35.5. The normalized spacial score (nSPS) is 9.83. The summed E-state index contributed by atoms with van der Waals surface area (Å²) in [6.45, 7) is 2.32. The maximum Gasteiger partial charge on any atom is 0.321 e. The van der Waals surface area contributed by atoms with Gasteiger partial charge >= 0.3 is 6.01 Å². The van der Waals surface area contributed by atoms with Gasteiger partial charge in [0.2, 0.25) is 5.95 Å².